The number of ether oxygens (including phenoxy) is 17. The molecule has 0 aromatic carbocycles. The molecule has 0 aliphatic carbocycles. The van der Waals surface area contributed by atoms with Crippen LogP contribution in [-0.4, -0.2) is 238 Å². The predicted molar refractivity (Wildman–Crippen MR) is 206 cm³/mol. The van der Waals surface area contributed by atoms with Gasteiger partial charge in [-0.1, -0.05) is 0 Å². The number of halogens is 40. The third-order valence-corrected chi connectivity index (χ3v) is 12.2. The number of rotatable bonds is 46. The zero-order valence-electron chi connectivity index (χ0n) is 45.2. The van der Waals surface area contributed by atoms with Crippen molar-refractivity contribution < 1.29 is 256 Å². The number of hydrogen-bond acceptors (Lipinski definition) is 17. The van der Waals surface area contributed by atoms with E-state index in [1.807, 2.05) is 0 Å². The maximum absolute atomic E-state index is 17.3. The van der Waals surface area contributed by atoms with Crippen LogP contribution in [0.3, 0.4) is 0 Å². The van der Waals surface area contributed by atoms with Gasteiger partial charge in [-0.25, -0.2) is 37.2 Å². The lowest BCUT2D eigenvalue weighted by Gasteiger charge is -2.54. The van der Waals surface area contributed by atoms with Crippen molar-refractivity contribution in [3.63, 3.8) is 0 Å². The Bertz CT molecular complexity index is 2440. The quantitative estimate of drug-likeness (QED) is 0.0415. The van der Waals surface area contributed by atoms with Crippen LogP contribution in [-0.2, 0) is 80.5 Å². The average molecular weight is 1540 g/mol. The smallest absolute Gasteiger partial charge is 0.372 e. The molecular formula is C40H32F40O17. The molecule has 5 rings (SSSR count). The average Bonchev–Trinajstić information content (AvgIpc) is 0.900. The molecule has 0 N–H and O–H groups in total. The second kappa shape index (κ2) is 26.7. The van der Waals surface area contributed by atoms with E-state index in [0.717, 1.165) is 9.47 Å². The molecule has 97 heavy (non-hydrogen) atoms. The van der Waals surface area contributed by atoms with Gasteiger partial charge in [0.1, 0.15) is 64.6 Å². The van der Waals surface area contributed by atoms with E-state index in [-0.39, 0.29) is 0 Å². The Kier molecular flexibility index (Phi) is 23.1. The Hall–Kier alpha value is -3.48. The van der Waals surface area contributed by atoms with Crippen LogP contribution in [0.2, 0.25) is 0 Å². The van der Waals surface area contributed by atoms with E-state index in [2.05, 4.69) is 47.4 Å². The molecular weight excluding hydrogens is 1510 g/mol. The lowest BCUT2D eigenvalue weighted by molar-refractivity contribution is -0.646. The monoisotopic (exact) mass is 1540 g/mol. The van der Waals surface area contributed by atoms with Gasteiger partial charge in [0.25, 0.3) is 0 Å². The van der Waals surface area contributed by atoms with Gasteiger partial charge in [0.05, 0.1) is 39.6 Å². The minimum Gasteiger partial charge on any atom is -0.372 e. The summed E-state index contributed by atoms with van der Waals surface area (Å²) in [7, 11) is 0. The molecule has 0 bridgehead atoms. The fourth-order valence-electron chi connectivity index (χ4n) is 6.73. The minimum absolute atomic E-state index is 0.747. The van der Waals surface area contributed by atoms with Crippen molar-refractivity contribution in [2.45, 2.75) is 152 Å². The highest BCUT2D eigenvalue weighted by Crippen LogP contribution is 2.74. The lowest BCUT2D eigenvalue weighted by atomic mass is 9.78. The zero-order chi connectivity index (χ0) is 75.2. The van der Waals surface area contributed by atoms with E-state index in [4.69, 9.17) is 0 Å². The summed E-state index contributed by atoms with van der Waals surface area (Å²) in [4.78, 5) is 0. The van der Waals surface area contributed by atoms with Crippen molar-refractivity contribution in [3.8, 4) is 0 Å². The first-order valence-corrected chi connectivity index (χ1v) is 24.5. The van der Waals surface area contributed by atoms with Crippen LogP contribution in [0.15, 0.2) is 0 Å². The summed E-state index contributed by atoms with van der Waals surface area (Å²) < 4.78 is 675. The minimum atomic E-state index is -11.2. The molecule has 0 aromatic rings. The highest BCUT2D eigenvalue weighted by molar-refractivity contribution is 5.13. The second-order valence-electron chi connectivity index (χ2n) is 19.9. The van der Waals surface area contributed by atoms with Gasteiger partial charge in [-0.05, 0) is 0 Å². The van der Waals surface area contributed by atoms with Crippen molar-refractivity contribution in [2.75, 3.05) is 85.9 Å². The van der Waals surface area contributed by atoms with Crippen LogP contribution in [0, 0.1) is 10.8 Å². The highest BCUT2D eigenvalue weighted by Gasteiger charge is 3.03. The molecule has 5 saturated heterocycles. The van der Waals surface area contributed by atoms with Gasteiger partial charge in [0.2, 0.25) is 0 Å². The Labute approximate surface area is 505 Å². The molecule has 5 heterocycles. The molecule has 17 nitrogen and oxygen atoms in total. The summed E-state index contributed by atoms with van der Waals surface area (Å²) in [6.45, 7) is -28.4. The van der Waals surface area contributed by atoms with E-state index in [1.165, 1.54) is 23.7 Å². The molecule has 5 atom stereocenters. The number of alkyl halides is 40. The van der Waals surface area contributed by atoms with Gasteiger partial charge in [0.15, 0.2) is 12.6 Å². The largest absolute Gasteiger partial charge is 0.426 e. The Balaban J connectivity index is 2.02. The summed E-state index contributed by atoms with van der Waals surface area (Å²) in [6, 6.07) is 0. The Morgan fingerprint density at radius 2 is 0.423 bits per heavy atom. The third kappa shape index (κ3) is 17.3. The number of hydrogen-bond donors (Lipinski definition) is 0. The zero-order valence-corrected chi connectivity index (χ0v) is 45.2. The molecule has 0 spiro atoms. The van der Waals surface area contributed by atoms with Crippen LogP contribution in [0.5, 0.6) is 0 Å². The molecule has 0 aromatic heterocycles. The lowest BCUT2D eigenvalue weighted by Crippen LogP contribution is -2.81. The SMILES string of the molecule is FC(F)C(F)(F)OC(F)(F)C(C(F)(F)OC(F)(F)C(F)(F)COC1CO1)(C(F)(F)OC(F)(F)C(F)(F)COC1CO1)C(F)(F)OC(F)(F)C(C(F)(F)OC(F)(F)C(F)(F)COCC1CO1)(C(F)(F)OC(F)(F)C(F)(F)COCC1CO1)C(F)(F)OC(F)(F)C(F)(F)COCC1CO1. The summed E-state index contributed by atoms with van der Waals surface area (Å²) in [5.41, 5.74) is -22.4. The standard InChI is InChI=1S/C40H32F40O17/c41-19(42)25(53,54)91-33(65,66)26(34(67,68)95-31(61,62)23(49,50)12-89-17-7-87-17,35(69,70)96-32(63,64)24(51,52)13-90-18-8-88-18)39(77,78)97-40(79,80)27(36(71,72)92-28(55,56)20(43,44)9-81-1-14-4-84-14,37(73,74)93-29(57,58)21(45,46)10-82-2-15-5-85-15)38(75,76)94-30(59,60)22(47,48)11-83-3-16-6-86-16/h14-19H,1-13H2. The molecule has 57 heteroatoms. The van der Waals surface area contributed by atoms with Gasteiger partial charge in [0, 0.05) is 0 Å². The Morgan fingerprint density at radius 3 is 0.598 bits per heavy atom. The first-order valence-electron chi connectivity index (χ1n) is 24.5. The van der Waals surface area contributed by atoms with E-state index in [0.29, 0.717) is 0 Å². The summed E-state index contributed by atoms with van der Waals surface area (Å²) in [5, 5.41) is 0. The first kappa shape index (κ1) is 84.2. The van der Waals surface area contributed by atoms with Crippen LogP contribution in [0.4, 0.5) is 176 Å². The van der Waals surface area contributed by atoms with E-state index in [9.17, 15) is 35.1 Å². The van der Waals surface area contributed by atoms with Crippen LogP contribution < -0.4 is 0 Å². The summed E-state index contributed by atoms with van der Waals surface area (Å²) in [6.07, 6.45) is -154. The molecule has 0 saturated carbocycles. The maximum atomic E-state index is 17.3. The van der Waals surface area contributed by atoms with Crippen molar-refractivity contribution in [1.82, 2.24) is 0 Å². The molecule has 5 aliphatic rings. The summed E-state index contributed by atoms with van der Waals surface area (Å²) >= 11 is 0. The Morgan fingerprint density at radius 1 is 0.247 bits per heavy atom. The van der Waals surface area contributed by atoms with Gasteiger partial charge in [-0.15, -0.1) is 0 Å². The fourth-order valence-corrected chi connectivity index (χ4v) is 6.73. The van der Waals surface area contributed by atoms with E-state index in [1.54, 1.807) is 0 Å². The van der Waals surface area contributed by atoms with Gasteiger partial charge < -0.3 is 47.4 Å². The van der Waals surface area contributed by atoms with Crippen molar-refractivity contribution in [3.05, 3.63) is 0 Å². The molecule has 0 radical (unpaired) electrons. The van der Waals surface area contributed by atoms with Crippen molar-refractivity contribution >= 4 is 0 Å². The molecule has 5 unspecified atom stereocenters. The molecule has 0 amide bonds. The van der Waals surface area contributed by atoms with Crippen LogP contribution >= 0.6 is 0 Å². The van der Waals surface area contributed by atoms with Crippen molar-refractivity contribution in [1.29, 1.82) is 0 Å². The van der Waals surface area contributed by atoms with E-state index >= 15 is 140 Å². The molecule has 574 valence electrons. The van der Waals surface area contributed by atoms with Crippen LogP contribution in [0.1, 0.15) is 0 Å². The second-order valence-corrected chi connectivity index (χ2v) is 19.9. The highest BCUT2D eigenvalue weighted by atomic mass is 19.4. The first-order chi connectivity index (χ1) is 43.0. The topological polar surface area (TPSA) is 173 Å². The predicted octanol–water partition coefficient (Wildman–Crippen LogP) is 11.8. The van der Waals surface area contributed by atoms with Gasteiger partial charge in [-0.2, -0.15) is 167 Å². The van der Waals surface area contributed by atoms with Crippen LogP contribution in [0.25, 0.3) is 0 Å². The van der Waals surface area contributed by atoms with E-state index < -0.39 is 249 Å². The fraction of sp³-hybridized carbons (Fsp3) is 1.00. The summed E-state index contributed by atoms with van der Waals surface area (Å²) in [5.74, 6) is -37.5. The van der Waals surface area contributed by atoms with Gasteiger partial charge in [-0.3, -0.25) is 4.74 Å². The molecule has 5 fully saturated rings. The van der Waals surface area contributed by atoms with Crippen molar-refractivity contribution in [2.24, 2.45) is 10.8 Å². The third-order valence-electron chi connectivity index (χ3n) is 12.2. The normalized spacial score (nSPS) is 23.4. The molecule has 5 aliphatic heterocycles. The maximum Gasteiger partial charge on any atom is 0.426 e. The number of epoxide rings is 5. The van der Waals surface area contributed by atoms with Gasteiger partial charge >= 0.3 is 132 Å².